The van der Waals surface area contributed by atoms with Crippen molar-refractivity contribution in [3.8, 4) is 6.01 Å². The van der Waals surface area contributed by atoms with E-state index < -0.39 is 11.7 Å². The van der Waals surface area contributed by atoms with Gasteiger partial charge in [0.15, 0.2) is 15.8 Å². The van der Waals surface area contributed by atoms with Crippen molar-refractivity contribution in [2.24, 2.45) is 0 Å². The molecule has 0 bridgehead atoms. The second-order valence-electron chi connectivity index (χ2n) is 7.15. The van der Waals surface area contributed by atoms with Gasteiger partial charge >= 0.3 is 12.2 Å². The Morgan fingerprint density at radius 2 is 1.68 bits per heavy atom. The Kier molecular flexibility index (Phi) is 7.30. The lowest BCUT2D eigenvalue weighted by Gasteiger charge is -2.10. The number of para-hydroxylation sites is 1. The highest BCUT2D eigenvalue weighted by Crippen LogP contribution is 2.37. The molecule has 2 aromatic carbocycles. The second kappa shape index (κ2) is 10.2. The fourth-order valence-corrected chi connectivity index (χ4v) is 4.25. The van der Waals surface area contributed by atoms with Gasteiger partial charge in [0, 0.05) is 5.69 Å². The Labute approximate surface area is 207 Å². The van der Waals surface area contributed by atoms with E-state index in [1.54, 1.807) is 18.2 Å². The molecule has 0 atom stereocenters. The molecular weight excluding hydrogens is 510 g/mol. The van der Waals surface area contributed by atoms with Crippen LogP contribution in [0.4, 0.5) is 35.5 Å². The summed E-state index contributed by atoms with van der Waals surface area (Å²) in [6.45, 7) is 2.47. The molecule has 0 unspecified atom stereocenters. The normalized spacial score (nSPS) is 11.6. The molecule has 4 aromatic rings. The number of fused-ring (bicyclic) bond motifs is 1. The van der Waals surface area contributed by atoms with Crippen molar-refractivity contribution in [3.63, 3.8) is 0 Å². The standard InChI is InChI=1S/C22H18Cl2F3N5OS/c1-2-3-11-33-20-31-18(28-13-9-7-12(8-10-13)22(25,26)27)17-19(32-20)34-21(30-17)29-16-14(23)5-4-6-15(16)24/h4-10H,2-3,11H2,1H3,(H,29,30)(H,28,31,32). The zero-order valence-electron chi connectivity index (χ0n) is 17.7. The number of thiazole rings is 1. The summed E-state index contributed by atoms with van der Waals surface area (Å²) in [6.07, 6.45) is -2.66. The lowest BCUT2D eigenvalue weighted by Crippen LogP contribution is -2.05. The van der Waals surface area contributed by atoms with Crippen LogP contribution in [0.1, 0.15) is 25.3 Å². The zero-order valence-corrected chi connectivity index (χ0v) is 20.0. The van der Waals surface area contributed by atoms with Crippen LogP contribution in [0.2, 0.25) is 10.0 Å². The quantitative estimate of drug-likeness (QED) is 0.225. The number of hydrogen-bond acceptors (Lipinski definition) is 7. The molecule has 34 heavy (non-hydrogen) atoms. The first-order valence-electron chi connectivity index (χ1n) is 10.2. The van der Waals surface area contributed by atoms with E-state index in [4.69, 9.17) is 27.9 Å². The Hall–Kier alpha value is -2.82. The number of hydrogen-bond donors (Lipinski definition) is 2. The molecule has 0 saturated carbocycles. The van der Waals surface area contributed by atoms with Gasteiger partial charge in [-0.2, -0.15) is 23.1 Å². The number of rotatable bonds is 8. The van der Waals surface area contributed by atoms with E-state index in [2.05, 4.69) is 25.6 Å². The van der Waals surface area contributed by atoms with Crippen LogP contribution in [0.3, 0.4) is 0 Å². The lowest BCUT2D eigenvalue weighted by molar-refractivity contribution is -0.137. The molecule has 0 fully saturated rings. The molecule has 0 aliphatic carbocycles. The topological polar surface area (TPSA) is 72.0 Å². The molecule has 4 rings (SSSR count). The van der Waals surface area contributed by atoms with Crippen LogP contribution in [0.15, 0.2) is 42.5 Å². The Morgan fingerprint density at radius 1 is 0.971 bits per heavy atom. The van der Waals surface area contributed by atoms with E-state index in [1.807, 2.05) is 6.92 Å². The van der Waals surface area contributed by atoms with Crippen LogP contribution in [-0.2, 0) is 6.18 Å². The van der Waals surface area contributed by atoms with E-state index in [0.29, 0.717) is 49.3 Å². The molecule has 0 spiro atoms. The first-order valence-corrected chi connectivity index (χ1v) is 11.8. The van der Waals surface area contributed by atoms with Gasteiger partial charge in [-0.3, -0.25) is 0 Å². The number of anilines is 4. The van der Waals surface area contributed by atoms with Gasteiger partial charge < -0.3 is 15.4 Å². The van der Waals surface area contributed by atoms with Crippen molar-refractivity contribution in [1.29, 1.82) is 0 Å². The summed E-state index contributed by atoms with van der Waals surface area (Å²) in [5, 5.41) is 7.42. The van der Waals surface area contributed by atoms with Crippen molar-refractivity contribution in [1.82, 2.24) is 15.0 Å². The molecule has 2 aromatic heterocycles. The highest BCUT2D eigenvalue weighted by atomic mass is 35.5. The Bertz CT molecular complexity index is 1280. The van der Waals surface area contributed by atoms with Gasteiger partial charge in [-0.1, -0.05) is 53.9 Å². The van der Waals surface area contributed by atoms with E-state index in [9.17, 15) is 13.2 Å². The monoisotopic (exact) mass is 527 g/mol. The third-order valence-corrected chi connectivity index (χ3v) is 6.13. The maximum Gasteiger partial charge on any atom is 0.416 e. The Balaban J connectivity index is 1.69. The molecular formula is C22H18Cl2F3N5OS. The van der Waals surface area contributed by atoms with Gasteiger partial charge in [0.05, 0.1) is 27.9 Å². The molecule has 0 aliphatic heterocycles. The second-order valence-corrected chi connectivity index (χ2v) is 8.94. The minimum absolute atomic E-state index is 0.140. The predicted molar refractivity (Wildman–Crippen MR) is 130 cm³/mol. The fourth-order valence-electron chi connectivity index (χ4n) is 2.92. The van der Waals surface area contributed by atoms with Crippen LogP contribution in [-0.4, -0.2) is 21.6 Å². The van der Waals surface area contributed by atoms with Crippen LogP contribution >= 0.6 is 34.5 Å². The largest absolute Gasteiger partial charge is 0.463 e. The lowest BCUT2D eigenvalue weighted by atomic mass is 10.2. The highest BCUT2D eigenvalue weighted by molar-refractivity contribution is 7.22. The van der Waals surface area contributed by atoms with Crippen LogP contribution in [0, 0.1) is 0 Å². The number of unbranched alkanes of at least 4 members (excludes halogenated alkanes) is 1. The molecule has 2 heterocycles. The van der Waals surface area contributed by atoms with E-state index in [-0.39, 0.29) is 6.01 Å². The van der Waals surface area contributed by atoms with Gasteiger partial charge in [-0.15, -0.1) is 0 Å². The molecule has 2 N–H and O–H groups in total. The van der Waals surface area contributed by atoms with Crippen LogP contribution in [0.25, 0.3) is 10.3 Å². The van der Waals surface area contributed by atoms with Gasteiger partial charge in [0.1, 0.15) is 5.52 Å². The van der Waals surface area contributed by atoms with Crippen molar-refractivity contribution >= 4 is 67.2 Å². The van der Waals surface area contributed by atoms with Crippen molar-refractivity contribution in [3.05, 3.63) is 58.1 Å². The average Bonchev–Trinajstić information content (AvgIpc) is 3.19. The first kappa shape index (κ1) is 24.3. The summed E-state index contributed by atoms with van der Waals surface area (Å²) in [5.74, 6) is 0.297. The average molecular weight is 528 g/mol. The number of halogens is 5. The molecule has 0 saturated heterocycles. The predicted octanol–water partition coefficient (Wildman–Crippen LogP) is 8.08. The smallest absolute Gasteiger partial charge is 0.416 e. The van der Waals surface area contributed by atoms with Crippen molar-refractivity contribution in [2.75, 3.05) is 17.2 Å². The SMILES string of the molecule is CCCCOc1nc(Nc2ccc(C(F)(F)F)cc2)c2nc(Nc3c(Cl)cccc3Cl)sc2n1. The zero-order chi connectivity index (χ0) is 24.3. The summed E-state index contributed by atoms with van der Waals surface area (Å²) in [7, 11) is 0. The summed E-state index contributed by atoms with van der Waals surface area (Å²) in [5.41, 5.74) is 0.573. The van der Waals surface area contributed by atoms with Crippen LogP contribution < -0.4 is 15.4 Å². The Morgan fingerprint density at radius 3 is 2.32 bits per heavy atom. The number of ether oxygens (including phenoxy) is 1. The maximum absolute atomic E-state index is 12.9. The molecule has 12 heteroatoms. The summed E-state index contributed by atoms with van der Waals surface area (Å²) in [6, 6.07) is 9.89. The molecule has 0 radical (unpaired) electrons. The number of aromatic nitrogens is 3. The number of benzene rings is 2. The van der Waals surface area contributed by atoms with E-state index in [0.717, 1.165) is 25.0 Å². The molecule has 0 aliphatic rings. The minimum atomic E-state index is -4.42. The third kappa shape index (κ3) is 5.63. The van der Waals surface area contributed by atoms with Gasteiger partial charge in [-0.05, 0) is 42.8 Å². The summed E-state index contributed by atoms with van der Waals surface area (Å²) in [4.78, 5) is 13.9. The van der Waals surface area contributed by atoms with Gasteiger partial charge in [0.2, 0.25) is 0 Å². The summed E-state index contributed by atoms with van der Waals surface area (Å²) < 4.78 is 44.4. The number of alkyl halides is 3. The highest BCUT2D eigenvalue weighted by Gasteiger charge is 2.30. The van der Waals surface area contributed by atoms with Gasteiger partial charge in [-0.25, -0.2) is 4.98 Å². The minimum Gasteiger partial charge on any atom is -0.463 e. The molecule has 0 amide bonds. The van der Waals surface area contributed by atoms with Crippen molar-refractivity contribution in [2.45, 2.75) is 25.9 Å². The fraction of sp³-hybridized carbons (Fsp3) is 0.227. The van der Waals surface area contributed by atoms with E-state index in [1.165, 1.54) is 23.5 Å². The number of nitrogens with one attached hydrogen (secondary N) is 2. The molecule has 6 nitrogen and oxygen atoms in total. The summed E-state index contributed by atoms with van der Waals surface area (Å²) >= 11 is 13.7. The van der Waals surface area contributed by atoms with E-state index >= 15 is 0 Å². The molecule has 178 valence electrons. The van der Waals surface area contributed by atoms with Crippen LogP contribution in [0.5, 0.6) is 6.01 Å². The van der Waals surface area contributed by atoms with Gasteiger partial charge in [0.25, 0.3) is 0 Å². The maximum atomic E-state index is 12.9. The third-order valence-electron chi connectivity index (χ3n) is 4.64. The first-order chi connectivity index (χ1) is 16.2. The number of nitrogens with zero attached hydrogens (tertiary/aromatic N) is 3. The van der Waals surface area contributed by atoms with Crippen molar-refractivity contribution < 1.29 is 17.9 Å².